The molecule has 1 saturated heterocycles. The molecule has 2 fully saturated rings. The maximum absolute atomic E-state index is 6.03. The Kier molecular flexibility index (Phi) is 5.49. The second-order valence-electron chi connectivity index (χ2n) is 8.11. The molecule has 0 aromatic rings. The molecule has 0 aromatic carbocycles. The third-order valence-corrected chi connectivity index (χ3v) is 5.64. The van der Waals surface area contributed by atoms with E-state index in [0.29, 0.717) is 11.5 Å². The molecular weight excluding hydrogens is 246 g/mol. The molecule has 0 radical (unpaired) electrons. The zero-order valence-corrected chi connectivity index (χ0v) is 14.1. The molecule has 2 N–H and O–H groups in total. The highest BCUT2D eigenvalue weighted by Gasteiger charge is 2.33. The molecule has 0 amide bonds. The Morgan fingerprint density at radius 2 is 1.80 bits per heavy atom. The van der Waals surface area contributed by atoms with Gasteiger partial charge >= 0.3 is 0 Å². The van der Waals surface area contributed by atoms with Gasteiger partial charge in [-0.15, -0.1) is 0 Å². The first kappa shape index (κ1) is 16.3. The van der Waals surface area contributed by atoms with Gasteiger partial charge in [-0.05, 0) is 44.1 Å². The Bertz CT molecular complexity index is 297. The molecule has 3 heteroatoms. The van der Waals surface area contributed by atoms with Crippen molar-refractivity contribution in [3.63, 3.8) is 0 Å². The summed E-state index contributed by atoms with van der Waals surface area (Å²) in [6.45, 7) is 11.6. The van der Waals surface area contributed by atoms with E-state index < -0.39 is 0 Å². The fourth-order valence-corrected chi connectivity index (χ4v) is 4.20. The first-order valence-corrected chi connectivity index (χ1v) is 8.56. The second kappa shape index (κ2) is 6.76. The first-order valence-electron chi connectivity index (χ1n) is 8.56. The number of nitrogens with two attached hydrogens (primary N) is 1. The number of hydrogen-bond donors (Lipinski definition) is 1. The van der Waals surface area contributed by atoms with E-state index in [2.05, 4.69) is 37.6 Å². The lowest BCUT2D eigenvalue weighted by atomic mass is 9.76. The number of rotatable bonds is 2. The summed E-state index contributed by atoms with van der Waals surface area (Å²) in [7, 11) is 2.22. The molecule has 1 aliphatic carbocycles. The average molecular weight is 281 g/mol. The lowest BCUT2D eigenvalue weighted by molar-refractivity contribution is 0.0487. The molecule has 20 heavy (non-hydrogen) atoms. The van der Waals surface area contributed by atoms with Crippen LogP contribution in [0, 0.1) is 11.3 Å². The fraction of sp³-hybridized carbons (Fsp3) is 1.00. The minimum atomic E-state index is 0.476. The average Bonchev–Trinajstić information content (AvgIpc) is 2.63. The van der Waals surface area contributed by atoms with Crippen LogP contribution in [0.15, 0.2) is 0 Å². The smallest absolute Gasteiger partial charge is 0.0349 e. The molecule has 0 aromatic heterocycles. The van der Waals surface area contributed by atoms with Crippen molar-refractivity contribution in [1.82, 2.24) is 9.80 Å². The van der Waals surface area contributed by atoms with E-state index in [1.165, 1.54) is 45.2 Å². The van der Waals surface area contributed by atoms with Crippen LogP contribution in [-0.4, -0.2) is 55.1 Å². The Hall–Kier alpha value is -0.120. The van der Waals surface area contributed by atoms with E-state index in [4.69, 9.17) is 5.73 Å². The van der Waals surface area contributed by atoms with Crippen LogP contribution in [-0.2, 0) is 0 Å². The van der Waals surface area contributed by atoms with Gasteiger partial charge in [0.15, 0.2) is 0 Å². The van der Waals surface area contributed by atoms with Crippen molar-refractivity contribution in [2.24, 2.45) is 17.1 Å². The van der Waals surface area contributed by atoms with Crippen molar-refractivity contribution in [3.05, 3.63) is 0 Å². The molecule has 118 valence electrons. The fourth-order valence-electron chi connectivity index (χ4n) is 4.20. The maximum Gasteiger partial charge on any atom is 0.0349 e. The summed E-state index contributed by atoms with van der Waals surface area (Å²) in [4.78, 5) is 5.17. The van der Waals surface area contributed by atoms with Crippen molar-refractivity contribution in [3.8, 4) is 0 Å². The molecular formula is C17H35N3. The predicted octanol–water partition coefficient (Wildman–Crippen LogP) is 2.56. The first-order chi connectivity index (χ1) is 9.41. The molecule has 2 rings (SSSR count). The number of piperazine rings is 1. The van der Waals surface area contributed by atoms with E-state index in [-0.39, 0.29) is 0 Å². The van der Waals surface area contributed by atoms with Crippen LogP contribution in [0.3, 0.4) is 0 Å². The van der Waals surface area contributed by atoms with E-state index >= 15 is 0 Å². The Morgan fingerprint density at radius 1 is 1.05 bits per heavy atom. The van der Waals surface area contributed by atoms with Gasteiger partial charge in [-0.25, -0.2) is 0 Å². The van der Waals surface area contributed by atoms with Gasteiger partial charge in [0.25, 0.3) is 0 Å². The van der Waals surface area contributed by atoms with Gasteiger partial charge < -0.3 is 10.6 Å². The van der Waals surface area contributed by atoms with Crippen LogP contribution in [0.2, 0.25) is 0 Å². The summed E-state index contributed by atoms with van der Waals surface area (Å²) in [6.07, 6.45) is 6.98. The predicted molar refractivity (Wildman–Crippen MR) is 86.9 cm³/mol. The second-order valence-corrected chi connectivity index (χ2v) is 8.11. The van der Waals surface area contributed by atoms with Crippen molar-refractivity contribution in [1.29, 1.82) is 0 Å². The van der Waals surface area contributed by atoms with Crippen molar-refractivity contribution >= 4 is 0 Å². The molecule has 2 aliphatic rings. The highest BCUT2D eigenvalue weighted by molar-refractivity contribution is 4.89. The SMILES string of the molecule is CN1CCN(C2CCCC(C(C)(C)C)CC2)C(CN)C1. The van der Waals surface area contributed by atoms with E-state index in [0.717, 1.165) is 25.0 Å². The number of nitrogens with zero attached hydrogens (tertiary/aromatic N) is 2. The monoisotopic (exact) mass is 281 g/mol. The van der Waals surface area contributed by atoms with Gasteiger partial charge in [-0.1, -0.05) is 27.2 Å². The van der Waals surface area contributed by atoms with E-state index in [1.54, 1.807) is 0 Å². The molecule has 3 atom stereocenters. The summed E-state index contributed by atoms with van der Waals surface area (Å²) in [5.41, 5.74) is 6.51. The lowest BCUT2D eigenvalue weighted by Gasteiger charge is -2.44. The zero-order valence-electron chi connectivity index (χ0n) is 14.1. The highest BCUT2D eigenvalue weighted by atomic mass is 15.3. The van der Waals surface area contributed by atoms with Crippen molar-refractivity contribution in [2.75, 3.05) is 33.2 Å². The summed E-state index contributed by atoms with van der Waals surface area (Å²) in [5.74, 6) is 0.899. The third kappa shape index (κ3) is 3.96. The Labute approximate surface area is 125 Å². The van der Waals surface area contributed by atoms with E-state index in [1.807, 2.05) is 0 Å². The standard InChI is InChI=1S/C17H35N3/c1-17(2,3)14-6-5-7-15(9-8-14)20-11-10-19(4)13-16(20)12-18/h14-16H,5-13,18H2,1-4H3. The minimum absolute atomic E-state index is 0.476. The number of hydrogen-bond acceptors (Lipinski definition) is 3. The molecule has 0 bridgehead atoms. The largest absolute Gasteiger partial charge is 0.329 e. The van der Waals surface area contributed by atoms with Crippen LogP contribution in [0.5, 0.6) is 0 Å². The van der Waals surface area contributed by atoms with Gasteiger partial charge in [0.1, 0.15) is 0 Å². The van der Waals surface area contributed by atoms with Crippen molar-refractivity contribution in [2.45, 2.75) is 65.0 Å². The Balaban J connectivity index is 1.95. The summed E-state index contributed by atoms with van der Waals surface area (Å²) in [6, 6.07) is 1.36. The highest BCUT2D eigenvalue weighted by Crippen LogP contribution is 2.38. The van der Waals surface area contributed by atoms with E-state index in [9.17, 15) is 0 Å². The van der Waals surface area contributed by atoms with Gasteiger partial charge in [0.05, 0.1) is 0 Å². The summed E-state index contributed by atoms with van der Waals surface area (Å²) < 4.78 is 0. The van der Waals surface area contributed by atoms with Gasteiger partial charge in [-0.3, -0.25) is 4.90 Å². The summed E-state index contributed by atoms with van der Waals surface area (Å²) >= 11 is 0. The normalized spacial score (nSPS) is 35.0. The Morgan fingerprint density at radius 3 is 2.45 bits per heavy atom. The summed E-state index contributed by atoms with van der Waals surface area (Å²) in [5, 5.41) is 0. The quantitative estimate of drug-likeness (QED) is 0.790. The van der Waals surface area contributed by atoms with Gasteiger partial charge in [0, 0.05) is 38.3 Å². The van der Waals surface area contributed by atoms with Gasteiger partial charge in [-0.2, -0.15) is 0 Å². The lowest BCUT2D eigenvalue weighted by Crippen LogP contribution is -2.58. The van der Waals surface area contributed by atoms with Crippen molar-refractivity contribution < 1.29 is 0 Å². The van der Waals surface area contributed by atoms with Crippen LogP contribution < -0.4 is 5.73 Å². The van der Waals surface area contributed by atoms with Crippen LogP contribution >= 0.6 is 0 Å². The molecule has 3 nitrogen and oxygen atoms in total. The van der Waals surface area contributed by atoms with Crippen LogP contribution in [0.4, 0.5) is 0 Å². The van der Waals surface area contributed by atoms with Crippen LogP contribution in [0.25, 0.3) is 0 Å². The van der Waals surface area contributed by atoms with Crippen LogP contribution in [0.1, 0.15) is 52.9 Å². The molecule has 3 unspecified atom stereocenters. The molecule has 1 heterocycles. The topological polar surface area (TPSA) is 32.5 Å². The maximum atomic E-state index is 6.03. The molecule has 1 aliphatic heterocycles. The van der Waals surface area contributed by atoms with Gasteiger partial charge in [0.2, 0.25) is 0 Å². The molecule has 1 saturated carbocycles. The number of likely N-dealkylation sites (N-methyl/N-ethyl adjacent to an activating group) is 1. The molecule has 0 spiro atoms. The third-order valence-electron chi connectivity index (χ3n) is 5.64. The minimum Gasteiger partial charge on any atom is -0.329 e. The zero-order chi connectivity index (χ0) is 14.8.